The lowest BCUT2D eigenvalue weighted by Crippen LogP contribution is -2.04. The molecule has 0 bridgehead atoms. The number of hydrogen-bond acceptors (Lipinski definition) is 3. The lowest BCUT2D eigenvalue weighted by atomic mass is 10.00. The van der Waals surface area contributed by atoms with Crippen molar-refractivity contribution in [2.75, 3.05) is 5.73 Å². The van der Waals surface area contributed by atoms with Crippen molar-refractivity contribution in [3.63, 3.8) is 0 Å². The van der Waals surface area contributed by atoms with Gasteiger partial charge in [0.1, 0.15) is 0 Å². The first-order chi connectivity index (χ1) is 8.00. The van der Waals surface area contributed by atoms with E-state index >= 15 is 0 Å². The summed E-state index contributed by atoms with van der Waals surface area (Å²) in [6.07, 6.45) is 0. The highest BCUT2D eigenvalue weighted by Gasteiger charge is 2.17. The Labute approximate surface area is 109 Å². The van der Waals surface area contributed by atoms with Gasteiger partial charge in [0.25, 0.3) is 0 Å². The van der Waals surface area contributed by atoms with Gasteiger partial charge in [-0.05, 0) is 42.5 Å². The predicted molar refractivity (Wildman–Crippen MR) is 73.1 cm³/mol. The quantitative estimate of drug-likeness (QED) is 0.662. The van der Waals surface area contributed by atoms with Crippen molar-refractivity contribution in [3.8, 4) is 0 Å². The van der Waals surface area contributed by atoms with E-state index in [1.165, 1.54) is 11.3 Å². The second kappa shape index (κ2) is 4.51. The Balaban J connectivity index is 2.52. The Hall–Kier alpha value is -1.32. The van der Waals surface area contributed by atoms with Crippen LogP contribution < -0.4 is 5.73 Å². The van der Waals surface area contributed by atoms with Crippen molar-refractivity contribution in [2.24, 2.45) is 0 Å². The molecule has 2 nitrogen and oxygen atoms in total. The molecule has 0 amide bonds. The molecule has 0 unspecified atom stereocenters. The van der Waals surface area contributed by atoms with Gasteiger partial charge in [0.2, 0.25) is 5.78 Å². The number of thiophene rings is 1. The minimum atomic E-state index is -0.0609. The highest BCUT2D eigenvalue weighted by molar-refractivity contribution is 7.13. The second-order valence-corrected chi connectivity index (χ2v) is 5.27. The molecule has 88 valence electrons. The Morgan fingerprint density at radius 1 is 1.29 bits per heavy atom. The largest absolute Gasteiger partial charge is 0.398 e. The molecule has 0 radical (unpaired) electrons. The fourth-order valence-electron chi connectivity index (χ4n) is 1.69. The summed E-state index contributed by atoms with van der Waals surface area (Å²) >= 11 is 7.32. The van der Waals surface area contributed by atoms with E-state index in [0.717, 1.165) is 11.1 Å². The molecule has 1 aromatic carbocycles. The zero-order chi connectivity index (χ0) is 12.6. The average molecular weight is 266 g/mol. The van der Waals surface area contributed by atoms with E-state index in [4.69, 9.17) is 17.3 Å². The van der Waals surface area contributed by atoms with Gasteiger partial charge < -0.3 is 5.73 Å². The molecule has 2 rings (SSSR count). The molecular formula is C13H12ClNOS. The number of nitrogens with two attached hydrogens (primary N) is 1. The van der Waals surface area contributed by atoms with Crippen LogP contribution in [0.5, 0.6) is 0 Å². The summed E-state index contributed by atoms with van der Waals surface area (Å²) < 4.78 is 0. The summed E-state index contributed by atoms with van der Waals surface area (Å²) in [6.45, 7) is 3.83. The molecule has 1 aromatic heterocycles. The number of hydrogen-bond donors (Lipinski definition) is 1. The first-order valence-corrected chi connectivity index (χ1v) is 6.41. The third kappa shape index (κ3) is 2.21. The summed E-state index contributed by atoms with van der Waals surface area (Å²) in [7, 11) is 0. The van der Waals surface area contributed by atoms with Gasteiger partial charge in [-0.2, -0.15) is 0 Å². The minimum absolute atomic E-state index is 0.0609. The van der Waals surface area contributed by atoms with Gasteiger partial charge in [0.15, 0.2) is 0 Å². The monoisotopic (exact) mass is 265 g/mol. The molecule has 0 spiro atoms. The Morgan fingerprint density at radius 2 is 2.00 bits per heavy atom. The molecular weight excluding hydrogens is 254 g/mol. The molecule has 1 heterocycles. The highest BCUT2D eigenvalue weighted by Crippen LogP contribution is 2.27. The second-order valence-electron chi connectivity index (χ2n) is 3.95. The van der Waals surface area contributed by atoms with Gasteiger partial charge in [-0.3, -0.25) is 4.79 Å². The van der Waals surface area contributed by atoms with Crippen LogP contribution in [0.15, 0.2) is 23.6 Å². The normalized spacial score (nSPS) is 10.5. The molecule has 17 heavy (non-hydrogen) atoms. The summed E-state index contributed by atoms with van der Waals surface area (Å²) in [5, 5.41) is 2.31. The first-order valence-electron chi connectivity index (χ1n) is 5.15. The van der Waals surface area contributed by atoms with Crippen LogP contribution in [0.3, 0.4) is 0 Å². The zero-order valence-corrected chi connectivity index (χ0v) is 11.2. The molecule has 0 aliphatic heterocycles. The maximum absolute atomic E-state index is 12.3. The molecule has 0 saturated heterocycles. The van der Waals surface area contributed by atoms with Crippen molar-refractivity contribution < 1.29 is 4.79 Å². The van der Waals surface area contributed by atoms with Crippen LogP contribution in [-0.2, 0) is 0 Å². The minimum Gasteiger partial charge on any atom is -0.398 e. The van der Waals surface area contributed by atoms with E-state index in [0.29, 0.717) is 21.2 Å². The lowest BCUT2D eigenvalue weighted by Gasteiger charge is -2.08. The molecule has 0 fully saturated rings. The fourth-order valence-corrected chi connectivity index (χ4v) is 2.79. The standard InChI is InChI=1S/C13H12ClNOS/c1-7-5-8(2)11(15)6-9(7)12(16)13-10(14)3-4-17-13/h3-6H,15H2,1-2H3. The van der Waals surface area contributed by atoms with Gasteiger partial charge in [-0.25, -0.2) is 0 Å². The number of carbonyl (C=O) groups excluding carboxylic acids is 1. The van der Waals surface area contributed by atoms with Crippen LogP contribution in [0, 0.1) is 13.8 Å². The number of halogens is 1. The maximum atomic E-state index is 12.3. The maximum Gasteiger partial charge on any atom is 0.204 e. The van der Waals surface area contributed by atoms with E-state index < -0.39 is 0 Å². The molecule has 4 heteroatoms. The lowest BCUT2D eigenvalue weighted by molar-refractivity contribution is 0.104. The van der Waals surface area contributed by atoms with Crippen molar-refractivity contribution in [1.82, 2.24) is 0 Å². The number of ketones is 1. The van der Waals surface area contributed by atoms with E-state index in [9.17, 15) is 4.79 Å². The van der Waals surface area contributed by atoms with Crippen molar-refractivity contribution in [3.05, 3.63) is 50.2 Å². The first kappa shape index (κ1) is 12.1. The van der Waals surface area contributed by atoms with Crippen molar-refractivity contribution in [2.45, 2.75) is 13.8 Å². The van der Waals surface area contributed by atoms with Crippen molar-refractivity contribution >= 4 is 34.4 Å². The molecule has 0 atom stereocenters. The van der Waals surface area contributed by atoms with E-state index in [-0.39, 0.29) is 5.78 Å². The molecule has 0 aliphatic carbocycles. The molecule has 2 aromatic rings. The van der Waals surface area contributed by atoms with Gasteiger partial charge in [-0.15, -0.1) is 11.3 Å². The number of anilines is 1. The van der Waals surface area contributed by atoms with Crippen molar-refractivity contribution in [1.29, 1.82) is 0 Å². The SMILES string of the molecule is Cc1cc(C)c(C(=O)c2sccc2Cl)cc1N. The van der Waals surface area contributed by atoms with E-state index in [1.54, 1.807) is 12.1 Å². The summed E-state index contributed by atoms with van der Waals surface area (Å²) in [5.74, 6) is -0.0609. The Bertz CT molecular complexity index is 589. The number of aryl methyl sites for hydroxylation is 2. The van der Waals surface area contributed by atoms with Gasteiger partial charge in [0.05, 0.1) is 9.90 Å². The topological polar surface area (TPSA) is 43.1 Å². The Kier molecular flexibility index (Phi) is 3.22. The number of benzene rings is 1. The molecule has 0 saturated carbocycles. The average Bonchev–Trinajstić information content (AvgIpc) is 2.69. The van der Waals surface area contributed by atoms with E-state index in [1.807, 2.05) is 25.3 Å². The van der Waals surface area contributed by atoms with E-state index in [2.05, 4.69) is 0 Å². The molecule has 2 N–H and O–H groups in total. The van der Waals surface area contributed by atoms with Crippen LogP contribution >= 0.6 is 22.9 Å². The van der Waals surface area contributed by atoms with Crippen LogP contribution in [0.2, 0.25) is 5.02 Å². The fraction of sp³-hybridized carbons (Fsp3) is 0.154. The molecule has 0 aliphatic rings. The summed E-state index contributed by atoms with van der Waals surface area (Å²) in [4.78, 5) is 12.9. The highest BCUT2D eigenvalue weighted by atomic mass is 35.5. The summed E-state index contributed by atoms with van der Waals surface area (Å²) in [5.41, 5.74) is 9.00. The third-order valence-electron chi connectivity index (χ3n) is 2.68. The van der Waals surface area contributed by atoms with Gasteiger partial charge >= 0.3 is 0 Å². The smallest absolute Gasteiger partial charge is 0.204 e. The van der Waals surface area contributed by atoms with Gasteiger partial charge in [0, 0.05) is 11.3 Å². The third-order valence-corrected chi connectivity index (χ3v) is 4.02. The number of nitrogen functional groups attached to an aromatic ring is 1. The van der Waals surface area contributed by atoms with Crippen LogP contribution in [-0.4, -0.2) is 5.78 Å². The van der Waals surface area contributed by atoms with Crippen LogP contribution in [0.4, 0.5) is 5.69 Å². The van der Waals surface area contributed by atoms with Crippen LogP contribution in [0.25, 0.3) is 0 Å². The Morgan fingerprint density at radius 3 is 2.59 bits per heavy atom. The summed E-state index contributed by atoms with van der Waals surface area (Å²) in [6, 6.07) is 5.37. The van der Waals surface area contributed by atoms with Gasteiger partial charge in [-0.1, -0.05) is 17.7 Å². The number of carbonyl (C=O) groups is 1. The predicted octanol–water partition coefficient (Wildman–Crippen LogP) is 3.83. The zero-order valence-electron chi connectivity index (χ0n) is 9.58. The van der Waals surface area contributed by atoms with Crippen LogP contribution in [0.1, 0.15) is 26.4 Å². The number of rotatable bonds is 2.